The lowest BCUT2D eigenvalue weighted by atomic mass is 9.89. The van der Waals surface area contributed by atoms with Gasteiger partial charge in [0.05, 0.1) is 18.1 Å². The Bertz CT molecular complexity index is 224. The first kappa shape index (κ1) is 8.75. The fourth-order valence-corrected chi connectivity index (χ4v) is 1.88. The highest BCUT2D eigenvalue weighted by Gasteiger charge is 2.46. The van der Waals surface area contributed by atoms with E-state index in [1.807, 2.05) is 0 Å². The van der Waals surface area contributed by atoms with Crippen LogP contribution < -0.4 is 0 Å². The number of epoxide rings is 1. The average Bonchev–Trinajstić information content (AvgIpc) is 2.91. The predicted octanol–water partition coefficient (Wildman–Crippen LogP) is 1.28. The molecule has 0 unspecified atom stereocenters. The molecule has 72 valence electrons. The smallest absolute Gasteiger partial charge is 0.309 e. The number of carbonyl (C=O) groups is 1. The van der Waals surface area contributed by atoms with Gasteiger partial charge in [-0.1, -0.05) is 12.7 Å². The maximum Gasteiger partial charge on any atom is 0.309 e. The van der Waals surface area contributed by atoms with Gasteiger partial charge in [-0.05, 0) is 19.3 Å². The van der Waals surface area contributed by atoms with Crippen molar-refractivity contribution in [1.29, 1.82) is 0 Å². The van der Waals surface area contributed by atoms with Crippen LogP contribution in [0.1, 0.15) is 19.3 Å². The molecule has 0 radical (unpaired) electrons. The number of rotatable bonds is 3. The molecule has 2 rings (SSSR count). The molecule has 1 saturated carbocycles. The van der Waals surface area contributed by atoms with Crippen LogP contribution >= 0.6 is 0 Å². The molecule has 0 aromatic heterocycles. The first-order valence-corrected chi connectivity index (χ1v) is 4.74. The highest BCUT2D eigenvalue weighted by molar-refractivity contribution is 5.72. The molecule has 0 amide bonds. The monoisotopic (exact) mass is 182 g/mol. The maximum absolute atomic E-state index is 11.4. The molecule has 0 bridgehead atoms. The van der Waals surface area contributed by atoms with Crippen LogP contribution in [0.3, 0.4) is 0 Å². The molecule has 3 nitrogen and oxygen atoms in total. The molecule has 1 heterocycles. The van der Waals surface area contributed by atoms with Crippen LogP contribution in [-0.2, 0) is 14.3 Å². The predicted molar refractivity (Wildman–Crippen MR) is 47.2 cm³/mol. The average molecular weight is 182 g/mol. The van der Waals surface area contributed by atoms with Crippen molar-refractivity contribution >= 4 is 5.97 Å². The molecule has 0 aromatic rings. The molecular formula is C10H14O3. The first-order chi connectivity index (χ1) is 6.31. The van der Waals surface area contributed by atoms with Gasteiger partial charge in [-0.25, -0.2) is 0 Å². The number of carbonyl (C=O) groups excluding carboxylic acids is 1. The highest BCUT2D eigenvalue weighted by atomic mass is 16.6. The molecule has 0 N–H and O–H groups in total. The van der Waals surface area contributed by atoms with E-state index in [-0.39, 0.29) is 11.9 Å². The van der Waals surface area contributed by atoms with Gasteiger partial charge in [-0.3, -0.25) is 4.79 Å². The summed E-state index contributed by atoms with van der Waals surface area (Å²) in [5.41, 5.74) is 0. The van der Waals surface area contributed by atoms with E-state index in [0.717, 1.165) is 19.3 Å². The van der Waals surface area contributed by atoms with E-state index < -0.39 is 0 Å². The van der Waals surface area contributed by atoms with Crippen molar-refractivity contribution in [3.05, 3.63) is 12.7 Å². The molecule has 13 heavy (non-hydrogen) atoms. The molecule has 2 fully saturated rings. The summed E-state index contributed by atoms with van der Waals surface area (Å²) in [6, 6.07) is 0. The van der Waals surface area contributed by atoms with Crippen molar-refractivity contribution in [1.82, 2.24) is 0 Å². The number of esters is 1. The third-order valence-electron chi connectivity index (χ3n) is 2.68. The van der Waals surface area contributed by atoms with Gasteiger partial charge < -0.3 is 9.47 Å². The minimum atomic E-state index is -0.0890. The Morgan fingerprint density at radius 2 is 2.38 bits per heavy atom. The van der Waals surface area contributed by atoms with E-state index in [9.17, 15) is 4.79 Å². The Kier molecular flexibility index (Phi) is 2.36. The van der Waals surface area contributed by atoms with Crippen LogP contribution in [0.4, 0.5) is 0 Å². The molecule has 3 atom stereocenters. The zero-order valence-corrected chi connectivity index (χ0v) is 7.57. The van der Waals surface area contributed by atoms with E-state index in [4.69, 9.17) is 9.47 Å². The summed E-state index contributed by atoms with van der Waals surface area (Å²) in [7, 11) is 0. The van der Waals surface area contributed by atoms with Gasteiger partial charge in [0.1, 0.15) is 6.61 Å². The summed E-state index contributed by atoms with van der Waals surface area (Å²) >= 11 is 0. The van der Waals surface area contributed by atoms with E-state index in [2.05, 4.69) is 6.58 Å². The van der Waals surface area contributed by atoms with E-state index >= 15 is 0 Å². The highest BCUT2D eigenvalue weighted by Crippen LogP contribution is 2.39. The van der Waals surface area contributed by atoms with Crippen LogP contribution in [-0.4, -0.2) is 24.8 Å². The van der Waals surface area contributed by atoms with Gasteiger partial charge in [0.25, 0.3) is 0 Å². The van der Waals surface area contributed by atoms with Crippen molar-refractivity contribution < 1.29 is 14.3 Å². The lowest BCUT2D eigenvalue weighted by Crippen LogP contribution is -2.23. The van der Waals surface area contributed by atoms with Crippen molar-refractivity contribution in [2.45, 2.75) is 31.5 Å². The molecule has 0 spiro atoms. The number of ether oxygens (including phenoxy) is 2. The lowest BCUT2D eigenvalue weighted by Gasteiger charge is -2.16. The number of hydrogen-bond donors (Lipinski definition) is 0. The molecule has 1 saturated heterocycles. The Hall–Kier alpha value is -0.830. The summed E-state index contributed by atoms with van der Waals surface area (Å²) in [6.45, 7) is 3.82. The van der Waals surface area contributed by atoms with Crippen LogP contribution in [0, 0.1) is 5.92 Å². The zero-order chi connectivity index (χ0) is 9.26. The minimum Gasteiger partial charge on any atom is -0.461 e. The summed E-state index contributed by atoms with van der Waals surface area (Å²) in [6.07, 6.45) is 5.16. The lowest BCUT2D eigenvalue weighted by molar-refractivity contribution is -0.148. The Morgan fingerprint density at radius 3 is 3.08 bits per heavy atom. The fourth-order valence-electron chi connectivity index (χ4n) is 1.88. The Balaban J connectivity index is 1.78. The summed E-state index contributed by atoms with van der Waals surface area (Å²) < 4.78 is 10.3. The van der Waals surface area contributed by atoms with E-state index in [1.165, 1.54) is 0 Å². The fraction of sp³-hybridized carbons (Fsp3) is 0.700. The molecule has 1 aliphatic carbocycles. The largest absolute Gasteiger partial charge is 0.461 e. The van der Waals surface area contributed by atoms with Crippen molar-refractivity contribution in [3.63, 3.8) is 0 Å². The van der Waals surface area contributed by atoms with Crippen molar-refractivity contribution in [2.75, 3.05) is 6.61 Å². The third kappa shape index (κ3) is 1.91. The minimum absolute atomic E-state index is 0.0590. The second-order valence-corrected chi connectivity index (χ2v) is 3.64. The topological polar surface area (TPSA) is 38.8 Å². The summed E-state index contributed by atoms with van der Waals surface area (Å²) in [5, 5.41) is 0. The van der Waals surface area contributed by atoms with Crippen molar-refractivity contribution in [2.24, 2.45) is 5.92 Å². The van der Waals surface area contributed by atoms with Crippen molar-refractivity contribution in [3.8, 4) is 0 Å². The van der Waals surface area contributed by atoms with Gasteiger partial charge in [0, 0.05) is 0 Å². The Labute approximate surface area is 77.7 Å². The third-order valence-corrected chi connectivity index (χ3v) is 2.68. The van der Waals surface area contributed by atoms with E-state index in [1.54, 1.807) is 6.08 Å². The number of fused-ring (bicyclic) bond motifs is 1. The van der Waals surface area contributed by atoms with Gasteiger partial charge in [0.2, 0.25) is 0 Å². The second-order valence-electron chi connectivity index (χ2n) is 3.64. The van der Waals surface area contributed by atoms with Gasteiger partial charge in [0.15, 0.2) is 0 Å². The standard InChI is InChI=1S/C10H14O3/c1-2-5-12-10(11)7-3-4-8-9(6-7)13-8/h2,7-9H,1,3-6H2/t7-,8-,9-/m1/s1. The quantitative estimate of drug-likeness (QED) is 0.375. The Morgan fingerprint density at radius 1 is 1.54 bits per heavy atom. The summed E-state index contributed by atoms with van der Waals surface area (Å²) in [4.78, 5) is 11.4. The molecule has 3 heteroatoms. The van der Waals surface area contributed by atoms with Gasteiger partial charge >= 0.3 is 5.97 Å². The molecule has 2 aliphatic rings. The SMILES string of the molecule is C=CCOC(=O)[C@@H]1CC[C@H]2O[C@@H]2C1. The second kappa shape index (κ2) is 3.50. The van der Waals surface area contributed by atoms with Gasteiger partial charge in [-0.15, -0.1) is 0 Å². The van der Waals surface area contributed by atoms with Crippen LogP contribution in [0.25, 0.3) is 0 Å². The number of hydrogen-bond acceptors (Lipinski definition) is 3. The van der Waals surface area contributed by atoms with Gasteiger partial charge in [-0.2, -0.15) is 0 Å². The molecular weight excluding hydrogens is 168 g/mol. The van der Waals surface area contributed by atoms with Crippen LogP contribution in [0.15, 0.2) is 12.7 Å². The van der Waals surface area contributed by atoms with E-state index in [0.29, 0.717) is 18.8 Å². The first-order valence-electron chi connectivity index (χ1n) is 4.74. The summed E-state index contributed by atoms with van der Waals surface area (Å²) in [5.74, 6) is -0.0300. The maximum atomic E-state index is 11.4. The molecule has 0 aromatic carbocycles. The zero-order valence-electron chi connectivity index (χ0n) is 7.57. The normalized spacial score (nSPS) is 36.2. The molecule has 1 aliphatic heterocycles. The van der Waals surface area contributed by atoms with Crippen LogP contribution in [0.5, 0.6) is 0 Å². The van der Waals surface area contributed by atoms with Crippen LogP contribution in [0.2, 0.25) is 0 Å².